The summed E-state index contributed by atoms with van der Waals surface area (Å²) in [6.45, 7) is 4.05. The zero-order valence-corrected chi connectivity index (χ0v) is 19.6. The van der Waals surface area contributed by atoms with Gasteiger partial charge in [0.15, 0.2) is 0 Å². The van der Waals surface area contributed by atoms with Crippen LogP contribution in [-0.2, 0) is 4.79 Å². The van der Waals surface area contributed by atoms with Gasteiger partial charge < -0.3 is 20.7 Å². The molecule has 0 saturated carbocycles. The molecule has 0 radical (unpaired) electrons. The highest BCUT2D eigenvalue weighted by Gasteiger charge is 2.47. The summed E-state index contributed by atoms with van der Waals surface area (Å²) in [4.78, 5) is 30.3. The van der Waals surface area contributed by atoms with Crippen LogP contribution in [0.1, 0.15) is 43.5 Å². The van der Waals surface area contributed by atoms with Gasteiger partial charge in [-0.15, -0.1) is 0 Å². The number of carbonyl (C=O) groups excluding carboxylic acids is 2. The third kappa shape index (κ3) is 4.14. The van der Waals surface area contributed by atoms with E-state index in [1.165, 1.54) is 24.3 Å². The minimum absolute atomic E-state index is 0.286. The molecule has 10 heteroatoms. The van der Waals surface area contributed by atoms with E-state index in [0.29, 0.717) is 53.5 Å². The number of allylic oxidation sites excluding steroid dienone is 2. The highest BCUT2D eigenvalue weighted by Crippen LogP contribution is 2.34. The van der Waals surface area contributed by atoms with Crippen molar-refractivity contribution in [2.75, 3.05) is 13.7 Å². The molecule has 174 valence electrons. The van der Waals surface area contributed by atoms with E-state index < -0.39 is 5.54 Å². The zero-order chi connectivity index (χ0) is 23.8. The lowest BCUT2D eigenvalue weighted by Gasteiger charge is -2.35. The Morgan fingerprint density at radius 2 is 2.03 bits per heavy atom. The molecule has 1 fully saturated rings. The average Bonchev–Trinajstić information content (AvgIpc) is 3.49. The van der Waals surface area contributed by atoms with Crippen LogP contribution in [0, 0.1) is 0 Å². The lowest BCUT2D eigenvalue weighted by molar-refractivity contribution is -0.129. The van der Waals surface area contributed by atoms with Crippen LogP contribution in [0.2, 0.25) is 0 Å². The molecule has 0 spiro atoms. The first-order valence-electron chi connectivity index (χ1n) is 10.8. The number of halogens is 1. The van der Waals surface area contributed by atoms with E-state index in [9.17, 15) is 9.59 Å². The van der Waals surface area contributed by atoms with E-state index in [0.717, 1.165) is 5.57 Å². The maximum Gasteiger partial charge on any atom is 0.257 e. The predicted octanol–water partition coefficient (Wildman–Crippen LogP) is 2.51. The quantitative estimate of drug-likeness (QED) is 0.693. The van der Waals surface area contributed by atoms with Crippen molar-refractivity contribution in [3.63, 3.8) is 0 Å². The van der Waals surface area contributed by atoms with Gasteiger partial charge in [-0.25, -0.2) is 0 Å². The number of aromatic nitrogens is 3. The van der Waals surface area contributed by atoms with Crippen LogP contribution < -0.4 is 15.8 Å². The Morgan fingerprint density at radius 1 is 1.30 bits per heavy atom. The second-order valence-electron chi connectivity index (χ2n) is 8.42. The van der Waals surface area contributed by atoms with Crippen molar-refractivity contribution in [3.8, 4) is 11.4 Å². The van der Waals surface area contributed by atoms with E-state index in [4.69, 9.17) is 22.1 Å². The molecule has 1 aromatic carbocycles. The molecule has 1 aliphatic carbocycles. The number of likely N-dealkylation sites (tertiary alicyclic amines) is 1. The number of hydrogen-bond donors (Lipinski definition) is 2. The average molecular weight is 471 g/mol. The first kappa shape index (κ1) is 23.0. The molecule has 1 aromatic heterocycles. The predicted molar refractivity (Wildman–Crippen MR) is 124 cm³/mol. The Morgan fingerprint density at radius 3 is 2.73 bits per heavy atom. The minimum Gasteiger partial charge on any atom is -0.497 e. The molecule has 1 unspecified atom stereocenters. The molecule has 2 heterocycles. The molecule has 0 bridgehead atoms. The highest BCUT2D eigenvalue weighted by atomic mass is 35.5. The van der Waals surface area contributed by atoms with Gasteiger partial charge in [0.1, 0.15) is 11.3 Å². The number of nitrogens with one attached hydrogen (secondary N) is 1. The van der Waals surface area contributed by atoms with E-state index in [-0.39, 0.29) is 17.9 Å². The first-order chi connectivity index (χ1) is 15.8. The van der Waals surface area contributed by atoms with Gasteiger partial charge in [0.2, 0.25) is 5.91 Å². The number of benzene rings is 1. The van der Waals surface area contributed by atoms with Gasteiger partial charge in [0.05, 0.1) is 30.8 Å². The molecule has 2 amide bonds. The van der Waals surface area contributed by atoms with Gasteiger partial charge >= 0.3 is 0 Å². The summed E-state index contributed by atoms with van der Waals surface area (Å²) in [5.41, 5.74) is 7.35. The Balaban J connectivity index is 1.67. The van der Waals surface area contributed by atoms with Crippen molar-refractivity contribution >= 4 is 23.4 Å². The number of amides is 2. The van der Waals surface area contributed by atoms with Crippen molar-refractivity contribution in [2.24, 2.45) is 5.73 Å². The van der Waals surface area contributed by atoms with Gasteiger partial charge in [0.25, 0.3) is 5.91 Å². The minimum atomic E-state index is -1.06. The Labute approximate surface area is 197 Å². The van der Waals surface area contributed by atoms with Crippen LogP contribution in [0.5, 0.6) is 5.75 Å². The second-order valence-corrected chi connectivity index (χ2v) is 8.83. The van der Waals surface area contributed by atoms with Gasteiger partial charge in [-0.2, -0.15) is 15.0 Å². The molecule has 9 nitrogen and oxygen atoms in total. The van der Waals surface area contributed by atoms with Gasteiger partial charge in [-0.1, -0.05) is 17.7 Å². The third-order valence-corrected chi connectivity index (χ3v) is 6.81. The number of hydrogen-bond acceptors (Lipinski definition) is 6. The molecule has 2 aromatic rings. The van der Waals surface area contributed by atoms with Crippen LogP contribution >= 0.6 is 11.6 Å². The molecule has 3 N–H and O–H groups in total. The van der Waals surface area contributed by atoms with Crippen molar-refractivity contribution < 1.29 is 14.3 Å². The lowest BCUT2D eigenvalue weighted by atomic mass is 9.94. The van der Waals surface area contributed by atoms with Crippen LogP contribution in [-0.4, -0.2) is 56.9 Å². The fourth-order valence-corrected chi connectivity index (χ4v) is 4.54. The maximum atomic E-state index is 13.8. The largest absolute Gasteiger partial charge is 0.497 e. The Hall–Kier alpha value is -3.17. The number of rotatable bonds is 5. The monoisotopic (exact) mass is 470 g/mol. The highest BCUT2D eigenvalue weighted by molar-refractivity contribution is 6.32. The molecule has 1 aliphatic heterocycles. The summed E-state index contributed by atoms with van der Waals surface area (Å²) >= 11 is 6.26. The van der Waals surface area contributed by atoms with Crippen molar-refractivity contribution in [3.05, 3.63) is 58.5 Å². The summed E-state index contributed by atoms with van der Waals surface area (Å²) in [6.07, 6.45) is 6.67. The van der Waals surface area contributed by atoms with Gasteiger partial charge in [-0.05, 0) is 56.9 Å². The smallest absolute Gasteiger partial charge is 0.257 e. The number of ether oxygens (including phenoxy) is 1. The summed E-state index contributed by atoms with van der Waals surface area (Å²) in [7, 11) is 1.53. The summed E-state index contributed by atoms with van der Waals surface area (Å²) in [5.74, 6) is -0.0610. The summed E-state index contributed by atoms with van der Waals surface area (Å²) in [5, 5.41) is 11.9. The fourth-order valence-electron chi connectivity index (χ4n) is 4.35. The second kappa shape index (κ2) is 8.99. The number of methoxy groups -OCH3 is 1. The normalized spacial score (nSPS) is 22.9. The van der Waals surface area contributed by atoms with Gasteiger partial charge in [0, 0.05) is 23.3 Å². The number of nitrogens with two attached hydrogens (primary N) is 1. The summed E-state index contributed by atoms with van der Waals surface area (Å²) < 4.78 is 5.34. The zero-order valence-electron chi connectivity index (χ0n) is 18.8. The molecular weight excluding hydrogens is 444 g/mol. The van der Waals surface area contributed by atoms with E-state index in [2.05, 4.69) is 15.5 Å². The standard InChI is InChI=1S/C23H27ClN6O3/c1-14-17(24)6-7-18(25)20(14)28-22(32)23(2)9-4-12-29(23)21(31)16-13-15(33-3)5-8-19(16)30-26-10-11-27-30/h5-6,8,10-11,13,18H,4,7,9,12,25H2,1-3H3,(H,28,32)/t18?,23-/m0/s1. The molecule has 33 heavy (non-hydrogen) atoms. The Kier molecular flexibility index (Phi) is 6.27. The molecule has 1 saturated heterocycles. The molecule has 2 aliphatic rings. The van der Waals surface area contributed by atoms with Crippen molar-refractivity contribution in [1.29, 1.82) is 0 Å². The number of carbonyl (C=O) groups is 2. The summed E-state index contributed by atoms with van der Waals surface area (Å²) in [6, 6.07) is 4.75. The van der Waals surface area contributed by atoms with E-state index in [1.807, 2.05) is 13.0 Å². The van der Waals surface area contributed by atoms with Crippen LogP contribution in [0.3, 0.4) is 0 Å². The molecule has 2 atom stereocenters. The van der Waals surface area contributed by atoms with Crippen LogP contribution in [0.15, 0.2) is 53.0 Å². The number of nitrogens with zero attached hydrogens (tertiary/aromatic N) is 4. The first-order valence-corrected chi connectivity index (χ1v) is 11.1. The van der Waals surface area contributed by atoms with E-state index in [1.54, 1.807) is 30.0 Å². The topological polar surface area (TPSA) is 115 Å². The fraction of sp³-hybridized carbons (Fsp3) is 0.391. The van der Waals surface area contributed by atoms with Crippen LogP contribution in [0.4, 0.5) is 0 Å². The third-order valence-electron chi connectivity index (χ3n) is 6.38. The molecule has 4 rings (SSSR count). The lowest BCUT2D eigenvalue weighted by Crippen LogP contribution is -2.56. The Bertz CT molecular complexity index is 1140. The van der Waals surface area contributed by atoms with Crippen LogP contribution in [0.25, 0.3) is 5.69 Å². The van der Waals surface area contributed by atoms with Crippen molar-refractivity contribution in [1.82, 2.24) is 25.2 Å². The SMILES string of the molecule is COc1ccc(-n2nccn2)c(C(=O)N2CCC[C@@]2(C)C(=O)NC2=C(C)C(Cl)=CCC2N)c1. The maximum absolute atomic E-state index is 13.8. The van der Waals surface area contributed by atoms with E-state index >= 15 is 0 Å². The van der Waals surface area contributed by atoms with Gasteiger partial charge in [-0.3, -0.25) is 9.59 Å². The molecular formula is C23H27ClN6O3. The van der Waals surface area contributed by atoms with Crippen molar-refractivity contribution in [2.45, 2.75) is 44.7 Å².